The number of hydrogen-bond acceptors (Lipinski definition) is 5. The number of carbonyl (C=O) groups is 1. The summed E-state index contributed by atoms with van der Waals surface area (Å²) in [6.45, 7) is 2.36. The number of fused-ring (bicyclic) bond motifs is 1. The summed E-state index contributed by atoms with van der Waals surface area (Å²) in [5.74, 6) is -0.507. The molecule has 7 nitrogen and oxygen atoms in total. The van der Waals surface area contributed by atoms with Crippen LogP contribution in [0.4, 0.5) is 0 Å². The van der Waals surface area contributed by atoms with Crippen LogP contribution in [0.15, 0.2) is 54.9 Å². The Balaban J connectivity index is 1.30. The highest BCUT2D eigenvalue weighted by Crippen LogP contribution is 2.26. The zero-order valence-corrected chi connectivity index (χ0v) is 15.3. The van der Waals surface area contributed by atoms with Crippen molar-refractivity contribution >= 4 is 28.1 Å². The molecule has 0 saturated carbocycles. The Labute approximate surface area is 159 Å². The molecule has 0 aliphatic rings. The van der Waals surface area contributed by atoms with Gasteiger partial charge >= 0.3 is 0 Å². The second kappa shape index (κ2) is 7.75. The number of thiophene rings is 1. The van der Waals surface area contributed by atoms with Gasteiger partial charge in [0.1, 0.15) is 5.69 Å². The Kier molecular flexibility index (Phi) is 5.01. The monoisotopic (exact) mass is 381 g/mol. The SMILES string of the molecule is O=C(NO)c1ccc(-c2ccn(CCNCc3ccc4[nH]ccc4c3)n2)s1. The average Bonchev–Trinajstić information content (AvgIpc) is 3.44. The van der Waals surface area contributed by atoms with Gasteiger partial charge in [-0.3, -0.25) is 14.7 Å². The summed E-state index contributed by atoms with van der Waals surface area (Å²) in [6.07, 6.45) is 3.87. The molecule has 0 unspecified atom stereocenters. The van der Waals surface area contributed by atoms with Crippen LogP contribution in [0.5, 0.6) is 0 Å². The van der Waals surface area contributed by atoms with Crippen molar-refractivity contribution in [1.29, 1.82) is 0 Å². The lowest BCUT2D eigenvalue weighted by molar-refractivity contribution is 0.0711. The fraction of sp³-hybridized carbons (Fsp3) is 0.158. The largest absolute Gasteiger partial charge is 0.361 e. The Morgan fingerprint density at radius 1 is 1.22 bits per heavy atom. The smallest absolute Gasteiger partial charge is 0.284 e. The summed E-state index contributed by atoms with van der Waals surface area (Å²) in [6, 6.07) is 13.9. The van der Waals surface area contributed by atoms with E-state index in [4.69, 9.17) is 5.21 Å². The van der Waals surface area contributed by atoms with Gasteiger partial charge in [-0.05, 0) is 47.3 Å². The van der Waals surface area contributed by atoms with E-state index >= 15 is 0 Å². The third-order valence-electron chi connectivity index (χ3n) is 4.29. The number of rotatable bonds is 7. The van der Waals surface area contributed by atoms with Crippen molar-refractivity contribution in [3.8, 4) is 10.6 Å². The lowest BCUT2D eigenvalue weighted by atomic mass is 10.1. The van der Waals surface area contributed by atoms with Crippen molar-refractivity contribution in [3.63, 3.8) is 0 Å². The van der Waals surface area contributed by atoms with Gasteiger partial charge in [0, 0.05) is 31.0 Å². The molecule has 0 aliphatic carbocycles. The molecule has 4 N–H and O–H groups in total. The molecule has 1 aromatic carbocycles. The number of amides is 1. The molecule has 3 heterocycles. The first kappa shape index (κ1) is 17.5. The lowest BCUT2D eigenvalue weighted by Gasteiger charge is -2.05. The van der Waals surface area contributed by atoms with Gasteiger partial charge in [0.05, 0.1) is 16.3 Å². The zero-order valence-electron chi connectivity index (χ0n) is 14.5. The van der Waals surface area contributed by atoms with Crippen molar-refractivity contribution in [2.45, 2.75) is 13.1 Å². The molecule has 0 spiro atoms. The highest BCUT2D eigenvalue weighted by Gasteiger charge is 2.11. The van der Waals surface area contributed by atoms with E-state index in [-0.39, 0.29) is 0 Å². The van der Waals surface area contributed by atoms with Crippen LogP contribution in [0.3, 0.4) is 0 Å². The highest BCUT2D eigenvalue weighted by molar-refractivity contribution is 7.17. The fourth-order valence-corrected chi connectivity index (χ4v) is 3.77. The summed E-state index contributed by atoms with van der Waals surface area (Å²) < 4.78 is 1.88. The summed E-state index contributed by atoms with van der Waals surface area (Å²) >= 11 is 1.29. The van der Waals surface area contributed by atoms with Crippen LogP contribution in [0.2, 0.25) is 0 Å². The molecular weight excluding hydrogens is 362 g/mol. The van der Waals surface area contributed by atoms with E-state index in [2.05, 4.69) is 39.7 Å². The second-order valence-electron chi connectivity index (χ2n) is 6.14. The number of hydrogen-bond donors (Lipinski definition) is 4. The molecule has 0 saturated heterocycles. The van der Waals surface area contributed by atoms with Crippen LogP contribution in [0, 0.1) is 0 Å². The first-order valence-corrected chi connectivity index (χ1v) is 9.39. The van der Waals surface area contributed by atoms with Gasteiger partial charge in [-0.25, -0.2) is 5.48 Å². The second-order valence-corrected chi connectivity index (χ2v) is 7.23. The maximum atomic E-state index is 11.4. The van der Waals surface area contributed by atoms with Gasteiger partial charge in [-0.1, -0.05) is 6.07 Å². The number of H-pyrrole nitrogens is 1. The van der Waals surface area contributed by atoms with E-state index in [0.717, 1.165) is 35.7 Å². The number of aromatic amines is 1. The molecule has 0 atom stereocenters. The first-order valence-electron chi connectivity index (χ1n) is 8.58. The number of carbonyl (C=O) groups excluding carboxylic acids is 1. The van der Waals surface area contributed by atoms with E-state index in [1.165, 1.54) is 22.3 Å². The lowest BCUT2D eigenvalue weighted by Crippen LogP contribution is -2.19. The predicted molar refractivity (Wildman–Crippen MR) is 105 cm³/mol. The van der Waals surface area contributed by atoms with Crippen molar-refractivity contribution in [1.82, 2.24) is 25.6 Å². The standard InChI is InChI=1S/C19H19N5O2S/c25-19(23-26)18-4-3-17(27-18)16-6-9-24(22-16)10-8-20-12-13-1-2-15-14(11-13)5-7-21-15/h1-7,9,11,20-21,26H,8,10,12H2,(H,23,25). The molecule has 0 fully saturated rings. The molecular formula is C19H19N5O2S. The van der Waals surface area contributed by atoms with Crippen LogP contribution < -0.4 is 10.8 Å². The van der Waals surface area contributed by atoms with Gasteiger partial charge < -0.3 is 10.3 Å². The molecule has 4 aromatic rings. The van der Waals surface area contributed by atoms with Gasteiger partial charge in [0.25, 0.3) is 5.91 Å². The fourth-order valence-electron chi connectivity index (χ4n) is 2.91. The molecule has 0 bridgehead atoms. The molecule has 0 aliphatic heterocycles. The third-order valence-corrected chi connectivity index (χ3v) is 5.40. The zero-order chi connectivity index (χ0) is 18.6. The van der Waals surface area contributed by atoms with Gasteiger partial charge in [0.2, 0.25) is 0 Å². The number of benzene rings is 1. The van der Waals surface area contributed by atoms with Crippen LogP contribution in [0.25, 0.3) is 21.5 Å². The minimum atomic E-state index is -0.507. The van der Waals surface area contributed by atoms with Crippen LogP contribution in [-0.4, -0.2) is 32.4 Å². The summed E-state index contributed by atoms with van der Waals surface area (Å²) in [5.41, 5.74) is 4.85. The van der Waals surface area contributed by atoms with Gasteiger partial charge in [-0.15, -0.1) is 11.3 Å². The minimum absolute atomic E-state index is 0.447. The molecule has 3 aromatic heterocycles. The number of nitrogens with one attached hydrogen (secondary N) is 3. The molecule has 8 heteroatoms. The maximum absolute atomic E-state index is 11.4. The highest BCUT2D eigenvalue weighted by atomic mass is 32.1. The molecule has 0 radical (unpaired) electrons. The van der Waals surface area contributed by atoms with E-state index in [1.54, 1.807) is 11.5 Å². The topological polar surface area (TPSA) is 95.0 Å². The van der Waals surface area contributed by atoms with Gasteiger partial charge in [0.15, 0.2) is 0 Å². The van der Waals surface area contributed by atoms with E-state index in [9.17, 15) is 4.79 Å². The Morgan fingerprint density at radius 2 is 2.15 bits per heavy atom. The Bertz CT molecular complexity index is 1060. The van der Waals surface area contributed by atoms with Crippen molar-refractivity contribution in [2.24, 2.45) is 0 Å². The number of hydroxylamine groups is 1. The molecule has 138 valence electrons. The normalized spacial score (nSPS) is 11.1. The average molecular weight is 381 g/mol. The van der Waals surface area contributed by atoms with E-state index < -0.39 is 5.91 Å². The Morgan fingerprint density at radius 3 is 3.04 bits per heavy atom. The first-order chi connectivity index (χ1) is 13.2. The Hall–Kier alpha value is -2.94. The predicted octanol–water partition coefficient (Wildman–Crippen LogP) is 3.00. The van der Waals surface area contributed by atoms with Crippen LogP contribution in [0.1, 0.15) is 15.2 Å². The number of nitrogens with zero attached hydrogens (tertiary/aromatic N) is 2. The molecule has 4 rings (SSSR count). The van der Waals surface area contributed by atoms with E-state index in [0.29, 0.717) is 4.88 Å². The van der Waals surface area contributed by atoms with Crippen molar-refractivity contribution in [3.05, 3.63) is 65.3 Å². The summed E-state index contributed by atoms with van der Waals surface area (Å²) in [4.78, 5) is 16.0. The third kappa shape index (κ3) is 3.92. The minimum Gasteiger partial charge on any atom is -0.361 e. The molecule has 27 heavy (non-hydrogen) atoms. The summed E-state index contributed by atoms with van der Waals surface area (Å²) in [7, 11) is 0. The van der Waals surface area contributed by atoms with Crippen molar-refractivity contribution < 1.29 is 10.0 Å². The molecule has 1 amide bonds. The summed E-state index contributed by atoms with van der Waals surface area (Å²) in [5, 5.41) is 17.9. The van der Waals surface area contributed by atoms with Crippen LogP contribution >= 0.6 is 11.3 Å². The van der Waals surface area contributed by atoms with Gasteiger partial charge in [-0.2, -0.15) is 5.10 Å². The maximum Gasteiger partial charge on any atom is 0.284 e. The van der Waals surface area contributed by atoms with Crippen LogP contribution in [-0.2, 0) is 13.1 Å². The number of aromatic nitrogens is 3. The van der Waals surface area contributed by atoms with Crippen molar-refractivity contribution in [2.75, 3.05) is 6.54 Å². The van der Waals surface area contributed by atoms with E-state index in [1.807, 2.05) is 29.2 Å². The quantitative estimate of drug-likeness (QED) is 0.225.